The van der Waals surface area contributed by atoms with Crippen LogP contribution in [0.1, 0.15) is 71.1 Å². The molecule has 3 saturated heterocycles. The lowest BCUT2D eigenvalue weighted by Gasteiger charge is -2.52. The van der Waals surface area contributed by atoms with Crippen molar-refractivity contribution in [2.45, 2.75) is 89.3 Å². The molecule has 1 atom stereocenters. The van der Waals surface area contributed by atoms with Gasteiger partial charge in [-0.2, -0.15) is 0 Å². The van der Waals surface area contributed by atoms with Crippen molar-refractivity contribution in [2.24, 2.45) is 11.3 Å². The van der Waals surface area contributed by atoms with Gasteiger partial charge in [0.25, 0.3) is 0 Å². The summed E-state index contributed by atoms with van der Waals surface area (Å²) in [7, 11) is 0. The van der Waals surface area contributed by atoms with Crippen LogP contribution in [-0.4, -0.2) is 84.4 Å². The van der Waals surface area contributed by atoms with Crippen LogP contribution in [0.5, 0.6) is 0 Å². The molecule has 2 aliphatic carbocycles. The van der Waals surface area contributed by atoms with Gasteiger partial charge in [-0.15, -0.1) is 0 Å². The highest BCUT2D eigenvalue weighted by atomic mass is 16.6. The third-order valence-electron chi connectivity index (χ3n) is 8.79. The molecule has 7 heteroatoms. The molecule has 174 valence electrons. The number of ether oxygens (including phenoxy) is 2. The summed E-state index contributed by atoms with van der Waals surface area (Å²) in [4.78, 5) is 31.3. The fourth-order valence-corrected chi connectivity index (χ4v) is 6.71. The normalized spacial score (nSPS) is 34.6. The van der Waals surface area contributed by atoms with E-state index in [4.69, 9.17) is 9.47 Å². The van der Waals surface area contributed by atoms with Gasteiger partial charge in [-0.3, -0.25) is 0 Å². The van der Waals surface area contributed by atoms with Crippen LogP contribution in [0.25, 0.3) is 0 Å². The Morgan fingerprint density at radius 2 is 1.71 bits per heavy atom. The van der Waals surface area contributed by atoms with Crippen molar-refractivity contribution in [3.63, 3.8) is 0 Å². The SMILES string of the molecule is CCOC(=O)N1CCC2(CC(N3CCC([C@@H]4CCCN4C(=O)OC4CCC4)CC3)C2)C1. The van der Waals surface area contributed by atoms with Gasteiger partial charge in [-0.25, -0.2) is 9.59 Å². The largest absolute Gasteiger partial charge is 0.450 e. The molecular formula is C24H39N3O4. The highest BCUT2D eigenvalue weighted by Gasteiger charge is 2.51. The topological polar surface area (TPSA) is 62.3 Å². The first-order valence-electron chi connectivity index (χ1n) is 12.7. The van der Waals surface area contributed by atoms with Crippen LogP contribution in [-0.2, 0) is 9.47 Å². The second-order valence-electron chi connectivity index (χ2n) is 10.6. The quantitative estimate of drug-likeness (QED) is 0.674. The second kappa shape index (κ2) is 8.80. The van der Waals surface area contributed by atoms with Crippen LogP contribution < -0.4 is 0 Å². The maximum atomic E-state index is 12.6. The average molecular weight is 434 g/mol. The van der Waals surface area contributed by atoms with Crippen molar-refractivity contribution in [1.82, 2.24) is 14.7 Å². The summed E-state index contributed by atoms with van der Waals surface area (Å²) in [6.07, 6.45) is 11.5. The minimum atomic E-state index is -0.138. The van der Waals surface area contributed by atoms with Crippen molar-refractivity contribution in [1.29, 1.82) is 0 Å². The van der Waals surface area contributed by atoms with Gasteiger partial charge in [0.1, 0.15) is 6.10 Å². The van der Waals surface area contributed by atoms with Crippen molar-refractivity contribution < 1.29 is 19.1 Å². The molecule has 1 spiro atoms. The average Bonchev–Trinajstić information content (AvgIpc) is 3.37. The minimum Gasteiger partial charge on any atom is -0.450 e. The van der Waals surface area contributed by atoms with Crippen LogP contribution in [0.4, 0.5) is 9.59 Å². The fourth-order valence-electron chi connectivity index (χ4n) is 6.71. The summed E-state index contributed by atoms with van der Waals surface area (Å²) in [5.41, 5.74) is 0.335. The van der Waals surface area contributed by atoms with Crippen LogP contribution in [0, 0.1) is 11.3 Å². The molecule has 0 aromatic rings. The van der Waals surface area contributed by atoms with E-state index in [1.165, 1.54) is 32.1 Å². The third-order valence-corrected chi connectivity index (χ3v) is 8.79. The molecule has 7 nitrogen and oxygen atoms in total. The zero-order chi connectivity index (χ0) is 21.4. The smallest absolute Gasteiger partial charge is 0.410 e. The molecule has 0 aromatic carbocycles. The van der Waals surface area contributed by atoms with E-state index in [1.807, 2.05) is 11.8 Å². The summed E-state index contributed by atoms with van der Waals surface area (Å²) in [5, 5.41) is 0. The first kappa shape index (κ1) is 21.4. The summed E-state index contributed by atoms with van der Waals surface area (Å²) >= 11 is 0. The van der Waals surface area contributed by atoms with Gasteiger partial charge >= 0.3 is 12.2 Å². The van der Waals surface area contributed by atoms with Crippen LogP contribution in [0.15, 0.2) is 0 Å². The lowest BCUT2D eigenvalue weighted by atomic mass is 9.64. The number of hydrogen-bond acceptors (Lipinski definition) is 5. The highest BCUT2D eigenvalue weighted by Crippen LogP contribution is 2.51. The number of piperidine rings is 1. The Kier molecular flexibility index (Phi) is 6.06. The van der Waals surface area contributed by atoms with E-state index in [9.17, 15) is 9.59 Å². The molecule has 3 heterocycles. The maximum absolute atomic E-state index is 12.6. The summed E-state index contributed by atoms with van der Waals surface area (Å²) in [6, 6.07) is 1.06. The molecule has 0 bridgehead atoms. The van der Waals surface area contributed by atoms with Crippen molar-refractivity contribution in [3.05, 3.63) is 0 Å². The number of likely N-dealkylation sites (tertiary alicyclic amines) is 3. The first-order chi connectivity index (χ1) is 15.1. The molecule has 2 saturated carbocycles. The van der Waals surface area contributed by atoms with E-state index in [0.29, 0.717) is 30.0 Å². The predicted molar refractivity (Wildman–Crippen MR) is 117 cm³/mol. The van der Waals surface area contributed by atoms with Gasteiger partial charge in [-0.1, -0.05) is 0 Å². The zero-order valence-corrected chi connectivity index (χ0v) is 19.1. The Bertz CT molecular complexity index is 668. The molecule has 31 heavy (non-hydrogen) atoms. The number of carbonyl (C=O) groups is 2. The molecule has 0 aromatic heterocycles. The molecule has 3 aliphatic heterocycles. The number of hydrogen-bond donors (Lipinski definition) is 0. The maximum Gasteiger partial charge on any atom is 0.410 e. The van der Waals surface area contributed by atoms with E-state index in [-0.39, 0.29) is 18.3 Å². The van der Waals surface area contributed by atoms with Gasteiger partial charge in [0.2, 0.25) is 0 Å². The van der Waals surface area contributed by atoms with E-state index in [0.717, 1.165) is 64.8 Å². The van der Waals surface area contributed by atoms with Crippen molar-refractivity contribution >= 4 is 12.2 Å². The lowest BCUT2D eigenvalue weighted by Crippen LogP contribution is -2.55. The molecule has 0 N–H and O–H groups in total. The van der Waals surface area contributed by atoms with Crippen LogP contribution >= 0.6 is 0 Å². The molecule has 5 aliphatic rings. The molecule has 2 amide bonds. The fraction of sp³-hybridized carbons (Fsp3) is 0.917. The Labute approximate surface area is 186 Å². The first-order valence-corrected chi connectivity index (χ1v) is 12.7. The second-order valence-corrected chi connectivity index (χ2v) is 10.6. The third kappa shape index (κ3) is 4.27. The van der Waals surface area contributed by atoms with Crippen LogP contribution in [0.3, 0.4) is 0 Å². The summed E-state index contributed by atoms with van der Waals surface area (Å²) in [6.45, 7) is 7.22. The van der Waals surface area contributed by atoms with Gasteiger partial charge in [0.15, 0.2) is 0 Å². The minimum absolute atomic E-state index is 0.0528. The van der Waals surface area contributed by atoms with Gasteiger partial charge in [-0.05, 0) is 95.6 Å². The van der Waals surface area contributed by atoms with Crippen LogP contribution in [0.2, 0.25) is 0 Å². The van der Waals surface area contributed by atoms with E-state index in [1.54, 1.807) is 0 Å². The predicted octanol–water partition coefficient (Wildman–Crippen LogP) is 3.86. The van der Waals surface area contributed by atoms with Crippen molar-refractivity contribution in [2.75, 3.05) is 39.3 Å². The van der Waals surface area contributed by atoms with E-state index < -0.39 is 0 Å². The highest BCUT2D eigenvalue weighted by molar-refractivity contribution is 5.69. The molecule has 0 unspecified atom stereocenters. The Hall–Kier alpha value is -1.50. The number of nitrogens with zero attached hydrogens (tertiary/aromatic N) is 3. The molecule has 5 rings (SSSR count). The standard InChI is InChI=1S/C24H39N3O4/c1-2-30-22(28)26-14-10-24(17-26)15-19(16-24)25-12-8-18(9-13-25)21-7-4-11-27(21)23(29)31-20-5-3-6-20/h18-21H,2-17H2,1H3/t19?,21-,24?/m0/s1. The number of rotatable bonds is 4. The molecule has 5 fully saturated rings. The number of amides is 2. The summed E-state index contributed by atoms with van der Waals surface area (Å²) in [5.74, 6) is 0.618. The van der Waals surface area contributed by atoms with E-state index >= 15 is 0 Å². The monoisotopic (exact) mass is 433 g/mol. The lowest BCUT2D eigenvalue weighted by molar-refractivity contribution is -0.0189. The van der Waals surface area contributed by atoms with E-state index in [2.05, 4.69) is 9.80 Å². The van der Waals surface area contributed by atoms with Gasteiger partial charge < -0.3 is 24.2 Å². The summed E-state index contributed by atoms with van der Waals surface area (Å²) < 4.78 is 10.9. The Morgan fingerprint density at radius 1 is 0.935 bits per heavy atom. The van der Waals surface area contributed by atoms with Gasteiger partial charge in [0.05, 0.1) is 6.61 Å². The zero-order valence-electron chi connectivity index (χ0n) is 19.1. The van der Waals surface area contributed by atoms with Crippen molar-refractivity contribution in [3.8, 4) is 0 Å². The molecule has 0 radical (unpaired) electrons. The Morgan fingerprint density at radius 3 is 2.39 bits per heavy atom. The molecular weight excluding hydrogens is 394 g/mol. The van der Waals surface area contributed by atoms with Gasteiger partial charge in [0, 0.05) is 31.7 Å². The Balaban J connectivity index is 1.07. The number of carbonyl (C=O) groups excluding carboxylic acids is 2.